The second-order valence-electron chi connectivity index (χ2n) is 3.52. The lowest BCUT2D eigenvalue weighted by Gasteiger charge is -2.09. The number of aliphatic hydroxyl groups excluding tert-OH is 1. The van der Waals surface area contributed by atoms with E-state index in [-0.39, 0.29) is 5.91 Å². The molecule has 0 aliphatic carbocycles. The first-order chi connectivity index (χ1) is 7.74. The van der Waals surface area contributed by atoms with Crippen LogP contribution in [0.4, 0.5) is 0 Å². The van der Waals surface area contributed by atoms with E-state index in [0.29, 0.717) is 25.1 Å². The zero-order valence-corrected chi connectivity index (χ0v) is 9.35. The summed E-state index contributed by atoms with van der Waals surface area (Å²) in [6.07, 6.45) is -0.0343. The lowest BCUT2D eigenvalue weighted by atomic mass is 10.2. The molecule has 0 spiro atoms. The van der Waals surface area contributed by atoms with Crippen molar-refractivity contribution in [2.75, 3.05) is 20.3 Å². The SMILES string of the molecule is COCC(O)CCNC(=O)c1ccccc1. The Morgan fingerprint density at radius 2 is 2.12 bits per heavy atom. The van der Waals surface area contributed by atoms with E-state index >= 15 is 0 Å². The lowest BCUT2D eigenvalue weighted by Crippen LogP contribution is -2.28. The third-order valence-corrected chi connectivity index (χ3v) is 2.16. The Kier molecular flexibility index (Phi) is 5.53. The molecule has 4 heteroatoms. The monoisotopic (exact) mass is 223 g/mol. The minimum atomic E-state index is -0.527. The normalized spacial score (nSPS) is 12.1. The van der Waals surface area contributed by atoms with Crippen LogP contribution in [-0.4, -0.2) is 37.4 Å². The van der Waals surface area contributed by atoms with Crippen LogP contribution in [0.25, 0.3) is 0 Å². The summed E-state index contributed by atoms with van der Waals surface area (Å²) >= 11 is 0. The zero-order chi connectivity index (χ0) is 11.8. The molecule has 1 amide bonds. The second kappa shape index (κ2) is 6.98. The molecule has 0 saturated carbocycles. The average Bonchev–Trinajstić information content (AvgIpc) is 2.30. The summed E-state index contributed by atoms with van der Waals surface area (Å²) in [6, 6.07) is 8.99. The summed E-state index contributed by atoms with van der Waals surface area (Å²) in [6.45, 7) is 0.736. The Bertz CT molecular complexity index is 313. The Balaban J connectivity index is 2.26. The lowest BCUT2D eigenvalue weighted by molar-refractivity contribution is 0.0587. The van der Waals surface area contributed by atoms with Gasteiger partial charge in [-0.05, 0) is 18.6 Å². The highest BCUT2D eigenvalue weighted by molar-refractivity contribution is 5.94. The molecule has 0 radical (unpaired) electrons. The quantitative estimate of drug-likeness (QED) is 0.750. The summed E-state index contributed by atoms with van der Waals surface area (Å²) in [7, 11) is 1.53. The van der Waals surface area contributed by atoms with E-state index < -0.39 is 6.10 Å². The highest BCUT2D eigenvalue weighted by Gasteiger charge is 2.06. The number of carbonyl (C=O) groups is 1. The fourth-order valence-electron chi connectivity index (χ4n) is 1.32. The van der Waals surface area contributed by atoms with Gasteiger partial charge in [-0.2, -0.15) is 0 Å². The molecular formula is C12H17NO3. The number of hydrogen-bond acceptors (Lipinski definition) is 3. The van der Waals surface area contributed by atoms with E-state index in [2.05, 4.69) is 5.32 Å². The fraction of sp³-hybridized carbons (Fsp3) is 0.417. The van der Waals surface area contributed by atoms with Crippen LogP contribution in [-0.2, 0) is 4.74 Å². The standard InChI is InChI=1S/C12H17NO3/c1-16-9-11(14)7-8-13-12(15)10-5-3-2-4-6-10/h2-6,11,14H,7-9H2,1H3,(H,13,15). The van der Waals surface area contributed by atoms with Gasteiger partial charge in [-0.25, -0.2) is 0 Å². The molecule has 0 heterocycles. The van der Waals surface area contributed by atoms with E-state index in [1.54, 1.807) is 12.1 Å². The van der Waals surface area contributed by atoms with Crippen LogP contribution in [0.15, 0.2) is 30.3 Å². The molecule has 1 aromatic carbocycles. The van der Waals surface area contributed by atoms with E-state index in [0.717, 1.165) is 0 Å². The maximum absolute atomic E-state index is 11.6. The summed E-state index contributed by atoms with van der Waals surface area (Å²) in [4.78, 5) is 11.6. The first-order valence-electron chi connectivity index (χ1n) is 5.24. The smallest absolute Gasteiger partial charge is 0.251 e. The van der Waals surface area contributed by atoms with Crippen LogP contribution in [0, 0.1) is 0 Å². The predicted octanol–water partition coefficient (Wildman–Crippen LogP) is 0.814. The van der Waals surface area contributed by atoms with Gasteiger partial charge in [0.2, 0.25) is 0 Å². The average molecular weight is 223 g/mol. The molecule has 0 aromatic heterocycles. The van der Waals surface area contributed by atoms with Crippen molar-refractivity contribution in [2.24, 2.45) is 0 Å². The number of methoxy groups -OCH3 is 1. The number of rotatable bonds is 6. The molecule has 2 N–H and O–H groups in total. The van der Waals surface area contributed by atoms with Crippen molar-refractivity contribution in [1.82, 2.24) is 5.32 Å². The molecule has 0 aliphatic heterocycles. The molecule has 16 heavy (non-hydrogen) atoms. The number of ether oxygens (including phenoxy) is 1. The van der Waals surface area contributed by atoms with Crippen molar-refractivity contribution in [2.45, 2.75) is 12.5 Å². The van der Waals surface area contributed by atoms with Crippen molar-refractivity contribution in [1.29, 1.82) is 0 Å². The number of hydrogen-bond donors (Lipinski definition) is 2. The molecule has 1 atom stereocenters. The number of amides is 1. The molecule has 88 valence electrons. The highest BCUT2D eigenvalue weighted by Crippen LogP contribution is 1.98. The van der Waals surface area contributed by atoms with Gasteiger partial charge in [-0.1, -0.05) is 18.2 Å². The highest BCUT2D eigenvalue weighted by atomic mass is 16.5. The van der Waals surface area contributed by atoms with Crippen molar-refractivity contribution < 1.29 is 14.6 Å². The van der Waals surface area contributed by atoms with Gasteiger partial charge in [-0.3, -0.25) is 4.79 Å². The Hall–Kier alpha value is -1.39. The molecule has 4 nitrogen and oxygen atoms in total. The largest absolute Gasteiger partial charge is 0.391 e. The van der Waals surface area contributed by atoms with Gasteiger partial charge in [0, 0.05) is 19.2 Å². The van der Waals surface area contributed by atoms with Crippen LogP contribution >= 0.6 is 0 Å². The Morgan fingerprint density at radius 1 is 1.44 bits per heavy atom. The van der Waals surface area contributed by atoms with Crippen molar-refractivity contribution in [3.8, 4) is 0 Å². The summed E-state index contributed by atoms with van der Waals surface area (Å²) in [5.41, 5.74) is 0.628. The summed E-state index contributed by atoms with van der Waals surface area (Å²) in [5.74, 6) is -0.120. The van der Waals surface area contributed by atoms with E-state index in [4.69, 9.17) is 4.74 Å². The molecule has 0 saturated heterocycles. The number of benzene rings is 1. The first kappa shape index (κ1) is 12.7. The van der Waals surface area contributed by atoms with Crippen molar-refractivity contribution in [3.63, 3.8) is 0 Å². The molecule has 0 aliphatic rings. The van der Waals surface area contributed by atoms with Gasteiger partial charge < -0.3 is 15.2 Å². The van der Waals surface area contributed by atoms with E-state index in [1.165, 1.54) is 7.11 Å². The molecule has 0 bridgehead atoms. The number of carbonyl (C=O) groups excluding carboxylic acids is 1. The third-order valence-electron chi connectivity index (χ3n) is 2.16. The van der Waals surface area contributed by atoms with Crippen molar-refractivity contribution >= 4 is 5.91 Å². The third kappa shape index (κ3) is 4.42. The molecule has 1 aromatic rings. The van der Waals surface area contributed by atoms with Gasteiger partial charge in [0.15, 0.2) is 0 Å². The van der Waals surface area contributed by atoms with Gasteiger partial charge in [0.1, 0.15) is 0 Å². The Labute approximate surface area is 95.2 Å². The molecule has 1 rings (SSSR count). The van der Waals surface area contributed by atoms with E-state index in [9.17, 15) is 9.90 Å². The van der Waals surface area contributed by atoms with Crippen LogP contribution in [0.2, 0.25) is 0 Å². The maximum atomic E-state index is 11.6. The van der Waals surface area contributed by atoms with Crippen LogP contribution < -0.4 is 5.32 Å². The van der Waals surface area contributed by atoms with E-state index in [1.807, 2.05) is 18.2 Å². The number of aliphatic hydroxyl groups is 1. The van der Waals surface area contributed by atoms with Gasteiger partial charge in [-0.15, -0.1) is 0 Å². The predicted molar refractivity (Wildman–Crippen MR) is 61.3 cm³/mol. The van der Waals surface area contributed by atoms with Crippen molar-refractivity contribution in [3.05, 3.63) is 35.9 Å². The number of nitrogens with one attached hydrogen (secondary N) is 1. The van der Waals surface area contributed by atoms with Crippen LogP contribution in [0.1, 0.15) is 16.8 Å². The molecule has 0 fully saturated rings. The first-order valence-corrected chi connectivity index (χ1v) is 5.24. The minimum absolute atomic E-state index is 0.120. The van der Waals surface area contributed by atoms with Crippen LogP contribution in [0.5, 0.6) is 0 Å². The summed E-state index contributed by atoms with van der Waals surface area (Å²) < 4.78 is 4.78. The molecule has 1 unspecified atom stereocenters. The van der Waals surface area contributed by atoms with Gasteiger partial charge in [0.25, 0.3) is 5.91 Å². The summed E-state index contributed by atoms with van der Waals surface area (Å²) in [5, 5.41) is 12.1. The second-order valence-corrected chi connectivity index (χ2v) is 3.52. The Morgan fingerprint density at radius 3 is 2.75 bits per heavy atom. The topological polar surface area (TPSA) is 58.6 Å². The maximum Gasteiger partial charge on any atom is 0.251 e. The molecular weight excluding hydrogens is 206 g/mol. The van der Waals surface area contributed by atoms with Gasteiger partial charge in [0.05, 0.1) is 12.7 Å². The van der Waals surface area contributed by atoms with Crippen LogP contribution in [0.3, 0.4) is 0 Å². The fourth-order valence-corrected chi connectivity index (χ4v) is 1.32. The van der Waals surface area contributed by atoms with Gasteiger partial charge >= 0.3 is 0 Å². The zero-order valence-electron chi connectivity index (χ0n) is 9.35. The minimum Gasteiger partial charge on any atom is -0.391 e.